The van der Waals surface area contributed by atoms with Gasteiger partial charge in [0.15, 0.2) is 0 Å². The Morgan fingerprint density at radius 1 is 1.59 bits per heavy atom. The molecule has 0 aliphatic rings. The maximum Gasteiger partial charge on any atom is 0.102 e. The maximum absolute atomic E-state index is 10.5. The first-order valence-electron chi connectivity index (χ1n) is 5.82. The summed E-state index contributed by atoms with van der Waals surface area (Å²) in [5.74, 6) is 0. The van der Waals surface area contributed by atoms with Gasteiger partial charge in [-0.2, -0.15) is 5.10 Å². The summed E-state index contributed by atoms with van der Waals surface area (Å²) in [6.45, 7) is 7.41. The molecule has 1 aromatic heterocycles. The number of ether oxygens (including phenoxy) is 1. The highest BCUT2D eigenvalue weighted by atomic mass is 79.9. The smallest absolute Gasteiger partial charge is 0.102 e. The Balaban J connectivity index is 2.99. The van der Waals surface area contributed by atoms with Gasteiger partial charge in [0.2, 0.25) is 0 Å². The molecule has 0 saturated carbocycles. The number of nitrogens with zero attached hydrogens (tertiary/aromatic N) is 2. The van der Waals surface area contributed by atoms with Crippen molar-refractivity contribution in [2.45, 2.75) is 39.8 Å². The number of rotatable bonds is 6. The lowest BCUT2D eigenvalue weighted by Gasteiger charge is -2.30. The quantitative estimate of drug-likeness (QED) is 0.879. The molecule has 0 fully saturated rings. The second-order valence-electron chi connectivity index (χ2n) is 4.84. The monoisotopic (exact) mass is 304 g/mol. The Labute approximate surface area is 111 Å². The summed E-state index contributed by atoms with van der Waals surface area (Å²) in [4.78, 5) is 0. The fraction of sp³-hybridized carbons (Fsp3) is 0.750. The minimum Gasteiger partial charge on any atom is -0.386 e. The molecule has 0 spiro atoms. The van der Waals surface area contributed by atoms with E-state index in [1.54, 1.807) is 18.0 Å². The zero-order valence-corrected chi connectivity index (χ0v) is 12.5. The van der Waals surface area contributed by atoms with Crippen molar-refractivity contribution in [1.82, 2.24) is 9.78 Å². The SMILES string of the molecule is CCC(C)(C)C(O)c1c(Br)cnn1CCOC. The summed E-state index contributed by atoms with van der Waals surface area (Å²) in [5, 5.41) is 14.7. The molecular formula is C12H21BrN2O2. The number of halogens is 1. The predicted molar refractivity (Wildman–Crippen MR) is 70.8 cm³/mol. The molecule has 0 saturated heterocycles. The van der Waals surface area contributed by atoms with Gasteiger partial charge in [-0.25, -0.2) is 0 Å². The first-order valence-corrected chi connectivity index (χ1v) is 6.61. The highest BCUT2D eigenvalue weighted by Gasteiger charge is 2.31. The van der Waals surface area contributed by atoms with Gasteiger partial charge in [0.25, 0.3) is 0 Å². The third-order valence-corrected chi connectivity index (χ3v) is 3.86. The minimum atomic E-state index is -0.541. The normalized spacial score (nSPS) is 14.0. The van der Waals surface area contributed by atoms with Gasteiger partial charge in [-0.1, -0.05) is 20.8 Å². The van der Waals surface area contributed by atoms with E-state index in [-0.39, 0.29) is 5.41 Å². The van der Waals surface area contributed by atoms with Crippen molar-refractivity contribution in [2.24, 2.45) is 5.41 Å². The van der Waals surface area contributed by atoms with Crippen LogP contribution in [-0.4, -0.2) is 28.6 Å². The third-order valence-electron chi connectivity index (χ3n) is 3.25. The van der Waals surface area contributed by atoms with E-state index in [4.69, 9.17) is 4.74 Å². The van der Waals surface area contributed by atoms with E-state index < -0.39 is 6.10 Å². The molecule has 0 amide bonds. The number of aromatic nitrogens is 2. The summed E-state index contributed by atoms with van der Waals surface area (Å²) in [7, 11) is 1.66. The molecule has 17 heavy (non-hydrogen) atoms. The molecule has 1 rings (SSSR count). The van der Waals surface area contributed by atoms with Crippen LogP contribution in [0.1, 0.15) is 39.0 Å². The summed E-state index contributed by atoms with van der Waals surface area (Å²) < 4.78 is 7.69. The molecule has 1 atom stereocenters. The fourth-order valence-electron chi connectivity index (χ4n) is 1.56. The van der Waals surface area contributed by atoms with Crippen LogP contribution in [0, 0.1) is 5.41 Å². The molecule has 1 unspecified atom stereocenters. The van der Waals surface area contributed by atoms with Crippen molar-refractivity contribution >= 4 is 15.9 Å². The highest BCUT2D eigenvalue weighted by molar-refractivity contribution is 9.10. The zero-order valence-electron chi connectivity index (χ0n) is 10.9. The molecule has 1 N–H and O–H groups in total. The lowest BCUT2D eigenvalue weighted by atomic mass is 9.82. The predicted octanol–water partition coefficient (Wildman–Crippen LogP) is 2.76. The molecule has 98 valence electrons. The Bertz CT molecular complexity index is 363. The Kier molecular flexibility index (Phi) is 5.16. The van der Waals surface area contributed by atoms with Crippen LogP contribution in [0.15, 0.2) is 10.7 Å². The largest absolute Gasteiger partial charge is 0.386 e. The van der Waals surface area contributed by atoms with Crippen molar-refractivity contribution in [2.75, 3.05) is 13.7 Å². The summed E-state index contributed by atoms with van der Waals surface area (Å²) >= 11 is 3.45. The molecule has 1 aromatic rings. The summed E-state index contributed by atoms with van der Waals surface area (Å²) in [5.41, 5.74) is 0.654. The number of aliphatic hydroxyl groups is 1. The first-order chi connectivity index (χ1) is 7.94. The molecule has 0 aromatic carbocycles. The highest BCUT2D eigenvalue weighted by Crippen LogP contribution is 2.38. The molecule has 0 aliphatic heterocycles. The Morgan fingerprint density at radius 3 is 2.76 bits per heavy atom. The van der Waals surface area contributed by atoms with Crippen LogP contribution in [0.2, 0.25) is 0 Å². The molecule has 1 heterocycles. The van der Waals surface area contributed by atoms with Crippen molar-refractivity contribution in [3.05, 3.63) is 16.4 Å². The molecule has 5 heteroatoms. The van der Waals surface area contributed by atoms with E-state index in [2.05, 4.69) is 41.8 Å². The van der Waals surface area contributed by atoms with Gasteiger partial charge >= 0.3 is 0 Å². The maximum atomic E-state index is 10.5. The van der Waals surface area contributed by atoms with Crippen molar-refractivity contribution < 1.29 is 9.84 Å². The third kappa shape index (κ3) is 3.30. The average molecular weight is 305 g/mol. The number of hydrogen-bond acceptors (Lipinski definition) is 3. The average Bonchev–Trinajstić information content (AvgIpc) is 2.66. The molecule has 0 radical (unpaired) electrons. The van der Waals surface area contributed by atoms with Crippen LogP contribution in [0.25, 0.3) is 0 Å². The second kappa shape index (κ2) is 5.98. The second-order valence-corrected chi connectivity index (χ2v) is 5.69. The van der Waals surface area contributed by atoms with Crippen LogP contribution >= 0.6 is 15.9 Å². The van der Waals surface area contributed by atoms with E-state index >= 15 is 0 Å². The van der Waals surface area contributed by atoms with Gasteiger partial charge < -0.3 is 9.84 Å². The van der Waals surface area contributed by atoms with E-state index in [9.17, 15) is 5.11 Å². The van der Waals surface area contributed by atoms with E-state index in [0.717, 1.165) is 16.6 Å². The number of aliphatic hydroxyl groups excluding tert-OH is 1. The van der Waals surface area contributed by atoms with Crippen LogP contribution in [0.5, 0.6) is 0 Å². The molecular weight excluding hydrogens is 284 g/mol. The van der Waals surface area contributed by atoms with Gasteiger partial charge in [-0.15, -0.1) is 0 Å². The van der Waals surface area contributed by atoms with E-state index in [1.165, 1.54) is 0 Å². The minimum absolute atomic E-state index is 0.173. The topological polar surface area (TPSA) is 47.3 Å². The van der Waals surface area contributed by atoms with Gasteiger partial charge in [0.05, 0.1) is 29.5 Å². The van der Waals surface area contributed by atoms with Gasteiger partial charge in [0, 0.05) is 7.11 Å². The number of hydrogen-bond donors (Lipinski definition) is 1. The lowest BCUT2D eigenvalue weighted by molar-refractivity contribution is 0.0372. The Hall–Kier alpha value is -0.390. The molecule has 0 aliphatic carbocycles. The van der Waals surface area contributed by atoms with E-state index in [1.807, 2.05) is 0 Å². The van der Waals surface area contributed by atoms with Gasteiger partial charge in [-0.3, -0.25) is 4.68 Å². The lowest BCUT2D eigenvalue weighted by Crippen LogP contribution is -2.25. The molecule has 4 nitrogen and oxygen atoms in total. The summed E-state index contributed by atoms with van der Waals surface area (Å²) in [6, 6.07) is 0. The zero-order chi connectivity index (χ0) is 13.1. The van der Waals surface area contributed by atoms with Gasteiger partial charge in [-0.05, 0) is 27.8 Å². The Morgan fingerprint density at radius 2 is 2.24 bits per heavy atom. The van der Waals surface area contributed by atoms with Crippen molar-refractivity contribution in [1.29, 1.82) is 0 Å². The van der Waals surface area contributed by atoms with Crippen LogP contribution in [0.3, 0.4) is 0 Å². The number of methoxy groups -OCH3 is 1. The van der Waals surface area contributed by atoms with Crippen LogP contribution < -0.4 is 0 Å². The van der Waals surface area contributed by atoms with Crippen molar-refractivity contribution in [3.8, 4) is 0 Å². The van der Waals surface area contributed by atoms with Crippen LogP contribution in [-0.2, 0) is 11.3 Å². The summed E-state index contributed by atoms with van der Waals surface area (Å²) in [6.07, 6.45) is 2.08. The van der Waals surface area contributed by atoms with Crippen molar-refractivity contribution in [3.63, 3.8) is 0 Å². The fourth-order valence-corrected chi connectivity index (χ4v) is 2.08. The van der Waals surface area contributed by atoms with Crippen LogP contribution in [0.4, 0.5) is 0 Å². The first kappa shape index (κ1) is 14.7. The van der Waals surface area contributed by atoms with Gasteiger partial charge in [0.1, 0.15) is 6.10 Å². The van der Waals surface area contributed by atoms with E-state index in [0.29, 0.717) is 13.2 Å². The standard InChI is InChI=1S/C12H21BrN2O2/c1-5-12(2,3)11(16)10-9(13)8-14-15(10)6-7-17-4/h8,11,16H,5-7H2,1-4H3. The molecule has 0 bridgehead atoms.